The van der Waals surface area contributed by atoms with Crippen molar-refractivity contribution in [3.63, 3.8) is 0 Å². The number of hydrogen-bond acceptors (Lipinski definition) is 4. The minimum absolute atomic E-state index is 0.0538. The molecule has 1 aliphatic heterocycles. The minimum atomic E-state index is -3.55. The van der Waals surface area contributed by atoms with Gasteiger partial charge in [0.1, 0.15) is 5.76 Å². The number of sulfonamides is 1. The molecule has 140 valence electrons. The van der Waals surface area contributed by atoms with E-state index in [1.807, 2.05) is 54.6 Å². The molecule has 1 aliphatic rings. The molecule has 0 spiro atoms. The summed E-state index contributed by atoms with van der Waals surface area (Å²) in [6.07, 6.45) is 2.34. The average molecular weight is 382 g/mol. The van der Waals surface area contributed by atoms with Crippen molar-refractivity contribution in [2.45, 2.75) is 30.4 Å². The van der Waals surface area contributed by atoms with Crippen LogP contribution in [0.15, 0.2) is 82.3 Å². The first-order chi connectivity index (χ1) is 13.1. The lowest BCUT2D eigenvalue weighted by Gasteiger charge is -2.20. The van der Waals surface area contributed by atoms with E-state index in [0.29, 0.717) is 31.0 Å². The molecule has 0 radical (unpaired) electrons. The SMILES string of the molecule is O=S1(=O)c2ccccc2C(NCc2ccco2)CCN1Cc1ccccc1. The quantitative estimate of drug-likeness (QED) is 0.731. The summed E-state index contributed by atoms with van der Waals surface area (Å²) >= 11 is 0. The van der Waals surface area contributed by atoms with Gasteiger partial charge in [-0.25, -0.2) is 8.42 Å². The molecule has 4 rings (SSSR count). The summed E-state index contributed by atoms with van der Waals surface area (Å²) in [6.45, 7) is 1.40. The topological polar surface area (TPSA) is 62.6 Å². The molecule has 1 N–H and O–H groups in total. The molecule has 2 heterocycles. The van der Waals surface area contributed by atoms with Crippen molar-refractivity contribution in [3.05, 3.63) is 89.9 Å². The van der Waals surface area contributed by atoms with Crippen molar-refractivity contribution in [1.82, 2.24) is 9.62 Å². The van der Waals surface area contributed by atoms with Crippen LogP contribution in [0.25, 0.3) is 0 Å². The summed E-state index contributed by atoms with van der Waals surface area (Å²) in [5.74, 6) is 0.834. The van der Waals surface area contributed by atoms with Crippen LogP contribution >= 0.6 is 0 Å². The molecule has 27 heavy (non-hydrogen) atoms. The van der Waals surface area contributed by atoms with Crippen molar-refractivity contribution in [2.24, 2.45) is 0 Å². The van der Waals surface area contributed by atoms with Crippen LogP contribution in [0.4, 0.5) is 0 Å². The minimum Gasteiger partial charge on any atom is -0.468 e. The van der Waals surface area contributed by atoms with Crippen molar-refractivity contribution >= 4 is 10.0 Å². The maximum absolute atomic E-state index is 13.3. The summed E-state index contributed by atoms with van der Waals surface area (Å²) in [5, 5.41) is 3.46. The fraction of sp³-hybridized carbons (Fsp3) is 0.238. The number of nitrogens with zero attached hydrogens (tertiary/aromatic N) is 1. The van der Waals surface area contributed by atoms with Gasteiger partial charge < -0.3 is 9.73 Å². The first-order valence-electron chi connectivity index (χ1n) is 9.03. The van der Waals surface area contributed by atoms with Crippen LogP contribution in [0.1, 0.15) is 29.3 Å². The smallest absolute Gasteiger partial charge is 0.243 e. The van der Waals surface area contributed by atoms with E-state index >= 15 is 0 Å². The Morgan fingerprint density at radius 2 is 1.78 bits per heavy atom. The molecule has 0 saturated carbocycles. The fourth-order valence-corrected chi connectivity index (χ4v) is 5.19. The van der Waals surface area contributed by atoms with Gasteiger partial charge in [-0.1, -0.05) is 48.5 Å². The third-order valence-electron chi connectivity index (χ3n) is 4.88. The van der Waals surface area contributed by atoms with Crippen LogP contribution in [0, 0.1) is 0 Å². The summed E-state index contributed by atoms with van der Waals surface area (Å²) in [4.78, 5) is 0.385. The van der Waals surface area contributed by atoms with Gasteiger partial charge in [-0.05, 0) is 35.7 Å². The highest BCUT2D eigenvalue weighted by molar-refractivity contribution is 7.89. The van der Waals surface area contributed by atoms with Gasteiger partial charge in [0.05, 0.1) is 17.7 Å². The molecule has 6 heteroatoms. The van der Waals surface area contributed by atoms with Crippen LogP contribution in [0.5, 0.6) is 0 Å². The summed E-state index contributed by atoms with van der Waals surface area (Å²) < 4.78 is 33.5. The zero-order valence-electron chi connectivity index (χ0n) is 14.9. The third-order valence-corrected chi connectivity index (χ3v) is 6.80. The number of fused-ring (bicyclic) bond motifs is 1. The Morgan fingerprint density at radius 1 is 1.00 bits per heavy atom. The first kappa shape index (κ1) is 18.0. The number of hydrogen-bond donors (Lipinski definition) is 1. The number of nitrogens with one attached hydrogen (secondary N) is 1. The lowest BCUT2D eigenvalue weighted by atomic mass is 10.0. The van der Waals surface area contributed by atoms with E-state index in [1.54, 1.807) is 22.7 Å². The Bertz CT molecular complexity index is 985. The fourth-order valence-electron chi connectivity index (χ4n) is 3.49. The molecule has 1 atom stereocenters. The Morgan fingerprint density at radius 3 is 2.56 bits per heavy atom. The second-order valence-corrected chi connectivity index (χ2v) is 8.57. The predicted octanol–water partition coefficient (Wildman–Crippen LogP) is 3.71. The zero-order valence-corrected chi connectivity index (χ0v) is 15.7. The molecule has 0 amide bonds. The Hall–Kier alpha value is -2.41. The molecule has 2 aromatic carbocycles. The van der Waals surface area contributed by atoms with Crippen molar-refractivity contribution in [1.29, 1.82) is 0 Å². The van der Waals surface area contributed by atoms with Gasteiger partial charge in [0.2, 0.25) is 10.0 Å². The second kappa shape index (κ2) is 7.68. The zero-order chi connectivity index (χ0) is 18.7. The highest BCUT2D eigenvalue weighted by atomic mass is 32.2. The van der Waals surface area contributed by atoms with Crippen LogP contribution in [-0.4, -0.2) is 19.3 Å². The van der Waals surface area contributed by atoms with E-state index in [0.717, 1.165) is 16.9 Å². The molecule has 0 aliphatic carbocycles. The molecule has 0 fully saturated rings. The van der Waals surface area contributed by atoms with Crippen LogP contribution in [0.2, 0.25) is 0 Å². The van der Waals surface area contributed by atoms with E-state index in [2.05, 4.69) is 5.32 Å². The van der Waals surface area contributed by atoms with E-state index in [1.165, 1.54) is 0 Å². The van der Waals surface area contributed by atoms with Crippen LogP contribution in [-0.2, 0) is 23.1 Å². The molecule has 3 aromatic rings. The van der Waals surface area contributed by atoms with E-state index < -0.39 is 10.0 Å². The number of furan rings is 1. The second-order valence-electron chi connectivity index (χ2n) is 6.66. The summed E-state index contributed by atoms with van der Waals surface area (Å²) in [5.41, 5.74) is 1.81. The van der Waals surface area contributed by atoms with E-state index in [4.69, 9.17) is 4.42 Å². The lowest BCUT2D eigenvalue weighted by Crippen LogP contribution is -2.30. The van der Waals surface area contributed by atoms with Gasteiger partial charge in [-0.2, -0.15) is 4.31 Å². The molecular formula is C21H22N2O3S. The maximum Gasteiger partial charge on any atom is 0.243 e. The monoisotopic (exact) mass is 382 g/mol. The predicted molar refractivity (Wildman–Crippen MR) is 103 cm³/mol. The molecule has 1 unspecified atom stereocenters. The first-order valence-corrected chi connectivity index (χ1v) is 10.5. The van der Waals surface area contributed by atoms with Crippen molar-refractivity contribution < 1.29 is 12.8 Å². The third kappa shape index (κ3) is 3.83. The molecular weight excluding hydrogens is 360 g/mol. The molecule has 0 saturated heterocycles. The normalized spacial score (nSPS) is 19.3. The molecule has 0 bridgehead atoms. The largest absolute Gasteiger partial charge is 0.468 e. The highest BCUT2D eigenvalue weighted by Crippen LogP contribution is 2.32. The van der Waals surface area contributed by atoms with Gasteiger partial charge in [0.25, 0.3) is 0 Å². The Labute approximate surface area is 159 Å². The lowest BCUT2D eigenvalue weighted by molar-refractivity contribution is 0.370. The van der Waals surface area contributed by atoms with Crippen molar-refractivity contribution in [2.75, 3.05) is 6.54 Å². The van der Waals surface area contributed by atoms with Gasteiger partial charge in [0, 0.05) is 19.1 Å². The van der Waals surface area contributed by atoms with Gasteiger partial charge in [-0.3, -0.25) is 0 Å². The average Bonchev–Trinajstić information content (AvgIpc) is 3.18. The van der Waals surface area contributed by atoms with Gasteiger partial charge in [-0.15, -0.1) is 0 Å². The number of benzene rings is 2. The van der Waals surface area contributed by atoms with Gasteiger partial charge in [0.15, 0.2) is 0 Å². The van der Waals surface area contributed by atoms with Crippen LogP contribution in [0.3, 0.4) is 0 Å². The summed E-state index contributed by atoms with van der Waals surface area (Å²) in [6, 6.07) is 20.7. The van der Waals surface area contributed by atoms with Gasteiger partial charge >= 0.3 is 0 Å². The standard InChI is InChI=1S/C21H22N2O3S/c24-27(25)21-11-5-4-10-19(21)20(22-15-18-9-6-14-26-18)12-13-23(27)16-17-7-2-1-3-8-17/h1-11,14,20,22H,12-13,15-16H2. The summed E-state index contributed by atoms with van der Waals surface area (Å²) in [7, 11) is -3.55. The van der Waals surface area contributed by atoms with Crippen LogP contribution < -0.4 is 5.32 Å². The molecule has 1 aromatic heterocycles. The van der Waals surface area contributed by atoms with Crippen molar-refractivity contribution in [3.8, 4) is 0 Å². The molecule has 5 nitrogen and oxygen atoms in total. The number of rotatable bonds is 5. The van der Waals surface area contributed by atoms with E-state index in [9.17, 15) is 8.42 Å². The Balaban J connectivity index is 1.63. The Kier molecular flexibility index (Phi) is 5.11. The van der Waals surface area contributed by atoms with E-state index in [-0.39, 0.29) is 6.04 Å². The maximum atomic E-state index is 13.3. The highest BCUT2D eigenvalue weighted by Gasteiger charge is 2.33.